The van der Waals surface area contributed by atoms with Crippen LogP contribution in [0.4, 0.5) is 8.78 Å². The van der Waals surface area contributed by atoms with Crippen molar-refractivity contribution in [1.29, 1.82) is 0 Å². The van der Waals surface area contributed by atoms with E-state index in [0.717, 1.165) is 5.57 Å². The molecule has 1 aromatic rings. The van der Waals surface area contributed by atoms with Crippen LogP contribution in [0.15, 0.2) is 46.7 Å². The van der Waals surface area contributed by atoms with Crippen LogP contribution in [0.5, 0.6) is 0 Å². The second kappa shape index (κ2) is 8.71. The van der Waals surface area contributed by atoms with Crippen molar-refractivity contribution >= 4 is 17.5 Å². The molecule has 3 aliphatic rings. The Morgan fingerprint density at radius 3 is 2.53 bits per heavy atom. The van der Waals surface area contributed by atoms with Crippen LogP contribution in [0.2, 0.25) is 0 Å². The van der Waals surface area contributed by atoms with E-state index in [1.54, 1.807) is 18.0 Å². The Labute approximate surface area is 199 Å². The quantitative estimate of drug-likeness (QED) is 0.693. The van der Waals surface area contributed by atoms with E-state index < -0.39 is 22.6 Å². The van der Waals surface area contributed by atoms with Crippen LogP contribution in [-0.4, -0.2) is 42.4 Å². The van der Waals surface area contributed by atoms with E-state index in [0.29, 0.717) is 32.4 Å². The average molecular weight is 471 g/mol. The number of amides is 2. The summed E-state index contributed by atoms with van der Waals surface area (Å²) in [6.07, 6.45) is 3.51. The number of hydrogen-bond acceptors (Lipinski definition) is 4. The lowest BCUT2D eigenvalue weighted by Crippen LogP contribution is -2.60. The SMILES string of the molecule is C=C1/C=C(c2c(F)cccc2F)\N=N/C2(C)[C@@H](C)C1CC[C@@]2(C)C(=O)N1CCC(C(=O)NC)C1. The third-order valence-electron chi connectivity index (χ3n) is 8.51. The van der Waals surface area contributed by atoms with Crippen LogP contribution >= 0.6 is 0 Å². The number of halogens is 2. The fourth-order valence-corrected chi connectivity index (χ4v) is 5.92. The molecule has 0 aromatic heterocycles. The third-order valence-corrected chi connectivity index (χ3v) is 8.51. The van der Waals surface area contributed by atoms with Crippen molar-refractivity contribution in [2.75, 3.05) is 20.1 Å². The molecular weight excluding hydrogens is 438 g/mol. The van der Waals surface area contributed by atoms with Crippen molar-refractivity contribution in [3.05, 3.63) is 53.6 Å². The number of fused-ring (bicyclic) bond motifs is 2. The van der Waals surface area contributed by atoms with Gasteiger partial charge in [0.1, 0.15) is 11.6 Å². The standard InChI is InChI=1S/C26H32F2N4O2/c1-15-13-21(22-19(27)7-6-8-20(22)28)30-31-26(4)16(2)18(15)9-11-25(26,3)24(34)32-12-10-17(14-32)23(33)29-5/h6-8,13,16-18H,1,9-12,14H2,2-5H3,(H,29,33)/b21-13-,31-30-/t16-,17?,18?,25-,26?/m0/s1. The minimum absolute atomic E-state index is 0.00726. The lowest BCUT2D eigenvalue weighted by atomic mass is 9.53. The summed E-state index contributed by atoms with van der Waals surface area (Å²) >= 11 is 0. The van der Waals surface area contributed by atoms with E-state index in [9.17, 15) is 18.4 Å². The number of carbonyl (C=O) groups excluding carboxylic acids is 2. The fraction of sp³-hybridized carbons (Fsp3) is 0.538. The van der Waals surface area contributed by atoms with Crippen LogP contribution in [0, 0.1) is 34.8 Å². The highest BCUT2D eigenvalue weighted by molar-refractivity contribution is 5.86. The van der Waals surface area contributed by atoms with Gasteiger partial charge in [-0.1, -0.05) is 19.6 Å². The summed E-state index contributed by atoms with van der Waals surface area (Å²) < 4.78 is 29.1. The molecule has 4 rings (SSSR count). The Hall–Kier alpha value is -2.90. The number of allylic oxidation sites excluding steroid dienone is 2. The van der Waals surface area contributed by atoms with Gasteiger partial charge in [0.2, 0.25) is 11.8 Å². The molecule has 34 heavy (non-hydrogen) atoms. The molecule has 1 saturated carbocycles. The van der Waals surface area contributed by atoms with E-state index in [2.05, 4.69) is 22.1 Å². The van der Waals surface area contributed by atoms with Crippen molar-refractivity contribution in [1.82, 2.24) is 10.2 Å². The van der Waals surface area contributed by atoms with Gasteiger partial charge in [0, 0.05) is 20.1 Å². The van der Waals surface area contributed by atoms with E-state index >= 15 is 0 Å². The number of nitrogens with one attached hydrogen (secondary N) is 1. The molecule has 2 fully saturated rings. The summed E-state index contributed by atoms with van der Waals surface area (Å²) in [6.45, 7) is 10.9. The van der Waals surface area contributed by atoms with Crippen molar-refractivity contribution in [3.8, 4) is 0 Å². The lowest BCUT2D eigenvalue weighted by Gasteiger charge is -2.53. The summed E-state index contributed by atoms with van der Waals surface area (Å²) in [5.74, 6) is -1.88. The molecule has 1 aromatic carbocycles. The van der Waals surface area contributed by atoms with Crippen molar-refractivity contribution in [3.63, 3.8) is 0 Å². The first-order valence-electron chi connectivity index (χ1n) is 11.8. The molecular formula is C26H32F2N4O2. The maximum absolute atomic E-state index is 14.6. The van der Waals surface area contributed by atoms with E-state index in [-0.39, 0.29) is 40.8 Å². The van der Waals surface area contributed by atoms with Gasteiger partial charge in [-0.05, 0) is 68.7 Å². The van der Waals surface area contributed by atoms with Crippen LogP contribution in [0.25, 0.3) is 5.70 Å². The van der Waals surface area contributed by atoms with Gasteiger partial charge in [-0.3, -0.25) is 9.59 Å². The number of benzene rings is 1. The molecule has 1 aliphatic carbocycles. The first-order chi connectivity index (χ1) is 16.0. The number of hydrogen-bond donors (Lipinski definition) is 1. The Morgan fingerprint density at radius 2 is 1.88 bits per heavy atom. The average Bonchev–Trinajstić information content (AvgIpc) is 3.29. The van der Waals surface area contributed by atoms with Crippen LogP contribution in [0.3, 0.4) is 0 Å². The van der Waals surface area contributed by atoms with E-state index in [1.807, 2.05) is 20.8 Å². The summed E-state index contributed by atoms with van der Waals surface area (Å²) in [5.41, 5.74) is -1.26. The van der Waals surface area contributed by atoms with Crippen LogP contribution in [-0.2, 0) is 9.59 Å². The molecule has 0 radical (unpaired) electrons. The second-order valence-electron chi connectivity index (χ2n) is 10.2. The number of likely N-dealkylation sites (tertiary alicyclic amines) is 1. The predicted molar refractivity (Wildman–Crippen MR) is 125 cm³/mol. The highest BCUT2D eigenvalue weighted by Crippen LogP contribution is 2.56. The van der Waals surface area contributed by atoms with Crippen molar-refractivity contribution in [2.45, 2.75) is 45.6 Å². The molecule has 0 spiro atoms. The Balaban J connectivity index is 1.73. The van der Waals surface area contributed by atoms with Gasteiger partial charge < -0.3 is 10.2 Å². The number of carbonyl (C=O) groups is 2. The van der Waals surface area contributed by atoms with Gasteiger partial charge in [-0.2, -0.15) is 10.2 Å². The first kappa shape index (κ1) is 24.2. The first-order valence-corrected chi connectivity index (χ1v) is 11.8. The Bertz CT molecular complexity index is 1080. The molecule has 2 bridgehead atoms. The van der Waals surface area contributed by atoms with Gasteiger partial charge >= 0.3 is 0 Å². The summed E-state index contributed by atoms with van der Waals surface area (Å²) in [7, 11) is 1.60. The van der Waals surface area contributed by atoms with Crippen molar-refractivity contribution < 1.29 is 18.4 Å². The van der Waals surface area contributed by atoms with Gasteiger partial charge in [0.05, 0.1) is 28.1 Å². The molecule has 8 heteroatoms. The second-order valence-corrected chi connectivity index (χ2v) is 10.2. The molecule has 6 nitrogen and oxygen atoms in total. The number of azo groups is 1. The molecule has 182 valence electrons. The molecule has 1 N–H and O–H groups in total. The zero-order valence-electron chi connectivity index (χ0n) is 20.2. The zero-order chi connectivity index (χ0) is 24.8. The van der Waals surface area contributed by atoms with Crippen molar-refractivity contribution in [2.24, 2.45) is 33.4 Å². The van der Waals surface area contributed by atoms with Gasteiger partial charge in [-0.15, -0.1) is 0 Å². The lowest BCUT2D eigenvalue weighted by molar-refractivity contribution is -0.150. The van der Waals surface area contributed by atoms with E-state index in [1.165, 1.54) is 18.2 Å². The highest BCUT2D eigenvalue weighted by Gasteiger charge is 2.60. The van der Waals surface area contributed by atoms with Gasteiger partial charge in [0.15, 0.2) is 0 Å². The molecule has 3 unspecified atom stereocenters. The minimum Gasteiger partial charge on any atom is -0.359 e. The van der Waals surface area contributed by atoms with Crippen LogP contribution in [0.1, 0.15) is 45.6 Å². The molecule has 5 atom stereocenters. The fourth-order valence-electron chi connectivity index (χ4n) is 5.92. The molecule has 2 heterocycles. The monoisotopic (exact) mass is 470 g/mol. The smallest absolute Gasteiger partial charge is 0.231 e. The Morgan fingerprint density at radius 1 is 1.21 bits per heavy atom. The normalized spacial score (nSPS) is 35.7. The number of rotatable bonds is 3. The summed E-state index contributed by atoms with van der Waals surface area (Å²) in [6, 6.07) is 3.68. The van der Waals surface area contributed by atoms with E-state index in [4.69, 9.17) is 0 Å². The molecule has 2 amide bonds. The summed E-state index contributed by atoms with van der Waals surface area (Å²) in [4.78, 5) is 27.8. The maximum Gasteiger partial charge on any atom is 0.231 e. The maximum atomic E-state index is 14.6. The zero-order valence-corrected chi connectivity index (χ0v) is 20.2. The highest BCUT2D eigenvalue weighted by atomic mass is 19.1. The molecule has 2 aliphatic heterocycles. The third kappa shape index (κ3) is 3.67. The van der Waals surface area contributed by atoms with Gasteiger partial charge in [-0.25, -0.2) is 8.78 Å². The number of nitrogens with zero attached hydrogens (tertiary/aromatic N) is 3. The largest absolute Gasteiger partial charge is 0.359 e. The molecule has 1 saturated heterocycles. The van der Waals surface area contributed by atoms with Crippen LogP contribution < -0.4 is 5.32 Å². The predicted octanol–water partition coefficient (Wildman–Crippen LogP) is 4.73. The topological polar surface area (TPSA) is 74.1 Å². The minimum atomic E-state index is -0.928. The summed E-state index contributed by atoms with van der Waals surface area (Å²) in [5, 5.41) is 11.7. The van der Waals surface area contributed by atoms with Gasteiger partial charge in [0.25, 0.3) is 0 Å². The Kier molecular flexibility index (Phi) is 6.21.